The summed E-state index contributed by atoms with van der Waals surface area (Å²) in [5.41, 5.74) is 1.47. The summed E-state index contributed by atoms with van der Waals surface area (Å²) >= 11 is 0. The number of carbonyl (C=O) groups excluding carboxylic acids is 1. The number of fused-ring (bicyclic) bond motifs is 1. The first-order valence-corrected chi connectivity index (χ1v) is 9.09. The Kier molecular flexibility index (Phi) is 5.10. The zero-order valence-corrected chi connectivity index (χ0v) is 16.0. The smallest absolute Gasteiger partial charge is 0.287 e. The van der Waals surface area contributed by atoms with E-state index in [1.807, 2.05) is 43.5 Å². The number of nitrogens with zero attached hydrogens (tertiary/aromatic N) is 4. The number of anilines is 1. The summed E-state index contributed by atoms with van der Waals surface area (Å²) in [6.07, 6.45) is 1.83. The van der Waals surface area contributed by atoms with E-state index in [4.69, 9.17) is 9.15 Å². The number of nitrogens with one attached hydrogen (secondary N) is 2. The predicted molar refractivity (Wildman–Crippen MR) is 107 cm³/mol. The molecule has 148 valence electrons. The highest BCUT2D eigenvalue weighted by molar-refractivity contribution is 5.97. The number of ether oxygens (including phenoxy) is 1. The number of methoxy groups -OCH3 is 1. The van der Waals surface area contributed by atoms with Gasteiger partial charge >= 0.3 is 0 Å². The van der Waals surface area contributed by atoms with Crippen LogP contribution < -0.4 is 15.4 Å². The van der Waals surface area contributed by atoms with E-state index >= 15 is 0 Å². The van der Waals surface area contributed by atoms with E-state index in [1.54, 1.807) is 23.9 Å². The van der Waals surface area contributed by atoms with Gasteiger partial charge in [-0.1, -0.05) is 12.1 Å². The molecule has 2 N–H and O–H groups in total. The fourth-order valence-corrected chi connectivity index (χ4v) is 2.85. The van der Waals surface area contributed by atoms with Crippen LogP contribution in [0, 0.1) is 6.92 Å². The lowest BCUT2D eigenvalue weighted by atomic mass is 10.2. The quantitative estimate of drug-likeness (QED) is 0.466. The predicted octanol–water partition coefficient (Wildman–Crippen LogP) is 2.57. The lowest BCUT2D eigenvalue weighted by Gasteiger charge is -2.06. The summed E-state index contributed by atoms with van der Waals surface area (Å²) < 4.78 is 12.5. The van der Waals surface area contributed by atoms with Gasteiger partial charge in [0.1, 0.15) is 5.82 Å². The fraction of sp³-hybridized carbons (Fsp3) is 0.200. The van der Waals surface area contributed by atoms with Crippen LogP contribution in [-0.4, -0.2) is 46.1 Å². The molecule has 0 unspecified atom stereocenters. The van der Waals surface area contributed by atoms with Crippen molar-refractivity contribution in [2.75, 3.05) is 25.5 Å². The first-order chi connectivity index (χ1) is 14.1. The highest BCUT2D eigenvalue weighted by Gasteiger charge is 2.14. The normalized spacial score (nSPS) is 10.8. The van der Waals surface area contributed by atoms with Gasteiger partial charge in [0, 0.05) is 24.7 Å². The van der Waals surface area contributed by atoms with Crippen molar-refractivity contribution in [2.45, 2.75) is 6.92 Å². The molecule has 9 nitrogen and oxygen atoms in total. The number of benzene rings is 1. The van der Waals surface area contributed by atoms with Crippen molar-refractivity contribution >= 4 is 22.7 Å². The molecule has 0 saturated heterocycles. The number of amides is 1. The van der Waals surface area contributed by atoms with E-state index < -0.39 is 0 Å². The van der Waals surface area contributed by atoms with Gasteiger partial charge in [-0.25, -0.2) is 4.68 Å². The minimum absolute atomic E-state index is 0.239. The van der Waals surface area contributed by atoms with Gasteiger partial charge in [0.05, 0.1) is 12.8 Å². The minimum Gasteiger partial charge on any atom is -0.493 e. The van der Waals surface area contributed by atoms with Crippen LogP contribution in [-0.2, 0) is 0 Å². The molecule has 0 radical (unpaired) electrons. The van der Waals surface area contributed by atoms with Crippen molar-refractivity contribution < 1.29 is 13.9 Å². The minimum atomic E-state index is -0.291. The van der Waals surface area contributed by atoms with Crippen molar-refractivity contribution in [1.29, 1.82) is 0 Å². The second kappa shape index (κ2) is 8.01. The third-order valence-electron chi connectivity index (χ3n) is 4.28. The largest absolute Gasteiger partial charge is 0.493 e. The van der Waals surface area contributed by atoms with E-state index in [0.29, 0.717) is 36.1 Å². The average Bonchev–Trinajstić information content (AvgIpc) is 3.37. The van der Waals surface area contributed by atoms with Gasteiger partial charge in [0.15, 0.2) is 22.9 Å². The first-order valence-electron chi connectivity index (χ1n) is 9.09. The van der Waals surface area contributed by atoms with Gasteiger partial charge in [0.25, 0.3) is 5.91 Å². The van der Waals surface area contributed by atoms with E-state index in [2.05, 4.69) is 25.9 Å². The maximum Gasteiger partial charge on any atom is 0.287 e. The van der Waals surface area contributed by atoms with Gasteiger partial charge < -0.3 is 19.8 Å². The number of hydrogen-bond donors (Lipinski definition) is 2. The summed E-state index contributed by atoms with van der Waals surface area (Å²) in [4.78, 5) is 12.3. The summed E-state index contributed by atoms with van der Waals surface area (Å²) in [6.45, 7) is 2.80. The number of hydrogen-bond acceptors (Lipinski definition) is 7. The standard InChI is InChI=1S/C20H20N6O3/c1-13-8-11-26(25-13)18-7-6-17(23-24-18)21-9-10-22-20(27)16-12-14-4-3-5-15(28-2)19(14)29-16/h3-8,11-12H,9-10H2,1-2H3,(H,21,23)(H,22,27). The Labute approximate surface area is 166 Å². The Bertz CT molecular complexity index is 1130. The molecule has 0 fully saturated rings. The van der Waals surface area contributed by atoms with E-state index in [0.717, 1.165) is 11.1 Å². The van der Waals surface area contributed by atoms with Gasteiger partial charge in [-0.15, -0.1) is 10.2 Å². The Balaban J connectivity index is 1.29. The highest BCUT2D eigenvalue weighted by Crippen LogP contribution is 2.28. The van der Waals surface area contributed by atoms with Crippen LogP contribution in [0.4, 0.5) is 5.82 Å². The van der Waals surface area contributed by atoms with Crippen LogP contribution in [0.3, 0.4) is 0 Å². The summed E-state index contributed by atoms with van der Waals surface area (Å²) in [5, 5.41) is 19.3. The summed E-state index contributed by atoms with van der Waals surface area (Å²) in [6, 6.07) is 12.7. The number of para-hydroxylation sites is 1. The molecule has 1 amide bonds. The molecule has 3 aromatic heterocycles. The van der Waals surface area contributed by atoms with E-state index in [-0.39, 0.29) is 11.7 Å². The second-order valence-corrected chi connectivity index (χ2v) is 6.35. The maximum absolute atomic E-state index is 12.3. The third kappa shape index (κ3) is 4.03. The third-order valence-corrected chi connectivity index (χ3v) is 4.28. The van der Waals surface area contributed by atoms with Crippen LogP contribution in [0.2, 0.25) is 0 Å². The van der Waals surface area contributed by atoms with Crippen LogP contribution in [0.5, 0.6) is 5.75 Å². The Morgan fingerprint density at radius 1 is 1.17 bits per heavy atom. The van der Waals surface area contributed by atoms with E-state index in [1.165, 1.54) is 0 Å². The average molecular weight is 392 g/mol. The number of carbonyl (C=O) groups is 1. The van der Waals surface area contributed by atoms with Crippen molar-refractivity contribution in [3.8, 4) is 11.6 Å². The summed E-state index contributed by atoms with van der Waals surface area (Å²) in [7, 11) is 1.56. The Morgan fingerprint density at radius 2 is 2.07 bits per heavy atom. The molecule has 0 aliphatic heterocycles. The van der Waals surface area contributed by atoms with Gasteiger partial charge in [-0.05, 0) is 37.3 Å². The van der Waals surface area contributed by atoms with Gasteiger partial charge in [-0.3, -0.25) is 4.79 Å². The molecule has 3 heterocycles. The topological polar surface area (TPSA) is 107 Å². The first kappa shape index (κ1) is 18.5. The molecule has 4 rings (SSSR count). The Hall–Kier alpha value is -3.88. The van der Waals surface area contributed by atoms with Crippen molar-refractivity contribution in [3.05, 3.63) is 60.1 Å². The second-order valence-electron chi connectivity index (χ2n) is 6.35. The monoisotopic (exact) mass is 392 g/mol. The van der Waals surface area contributed by atoms with Crippen molar-refractivity contribution in [2.24, 2.45) is 0 Å². The van der Waals surface area contributed by atoms with Crippen LogP contribution in [0.15, 0.2) is 53.1 Å². The molecule has 1 aromatic carbocycles. The van der Waals surface area contributed by atoms with Crippen molar-refractivity contribution in [1.82, 2.24) is 25.3 Å². The molecule has 4 aromatic rings. The molecular weight excluding hydrogens is 372 g/mol. The molecule has 9 heteroatoms. The molecule has 0 bridgehead atoms. The zero-order chi connectivity index (χ0) is 20.2. The van der Waals surface area contributed by atoms with E-state index in [9.17, 15) is 4.79 Å². The van der Waals surface area contributed by atoms with Gasteiger partial charge in [0.2, 0.25) is 0 Å². The molecule has 29 heavy (non-hydrogen) atoms. The van der Waals surface area contributed by atoms with Crippen LogP contribution >= 0.6 is 0 Å². The number of rotatable bonds is 7. The lowest BCUT2D eigenvalue weighted by molar-refractivity contribution is 0.0929. The molecule has 0 spiro atoms. The molecular formula is C20H20N6O3. The van der Waals surface area contributed by atoms with Crippen LogP contribution in [0.25, 0.3) is 16.8 Å². The van der Waals surface area contributed by atoms with Crippen LogP contribution in [0.1, 0.15) is 16.2 Å². The van der Waals surface area contributed by atoms with Crippen molar-refractivity contribution in [3.63, 3.8) is 0 Å². The summed E-state index contributed by atoms with van der Waals surface area (Å²) in [5.74, 6) is 1.79. The fourth-order valence-electron chi connectivity index (χ4n) is 2.85. The molecule has 0 aliphatic carbocycles. The number of aryl methyl sites for hydroxylation is 1. The molecule has 0 saturated carbocycles. The SMILES string of the molecule is COc1cccc2cc(C(=O)NCCNc3ccc(-n4ccc(C)n4)nn3)oc12. The number of aromatic nitrogens is 4. The highest BCUT2D eigenvalue weighted by atomic mass is 16.5. The zero-order valence-electron chi connectivity index (χ0n) is 16.0. The van der Waals surface area contributed by atoms with Gasteiger partial charge in [-0.2, -0.15) is 5.10 Å². The Morgan fingerprint density at radius 3 is 2.79 bits per heavy atom. The molecule has 0 atom stereocenters. The number of furan rings is 1. The lowest BCUT2D eigenvalue weighted by Crippen LogP contribution is -2.28. The maximum atomic E-state index is 12.3. The molecule has 0 aliphatic rings.